The average Bonchev–Trinajstić information content (AvgIpc) is 3.40. The number of nitrogens with zero attached hydrogens (tertiary/aromatic N) is 1. The molecule has 2 heterocycles. The molecule has 2 aromatic rings. The maximum Gasteiger partial charge on any atom is 0.189 e. The molecule has 0 radical (unpaired) electrons. The van der Waals surface area contributed by atoms with Gasteiger partial charge in [0.1, 0.15) is 0 Å². The third kappa shape index (κ3) is 3.35. The number of hydrogen-bond acceptors (Lipinski definition) is 2. The Hall–Kier alpha value is -2.32. The summed E-state index contributed by atoms with van der Waals surface area (Å²) in [6.07, 6.45) is 13.6. The van der Waals surface area contributed by atoms with E-state index in [4.69, 9.17) is 4.74 Å². The van der Waals surface area contributed by atoms with Gasteiger partial charge in [-0.15, -0.1) is 0 Å². The van der Waals surface area contributed by atoms with Crippen molar-refractivity contribution in [2.45, 2.75) is 69.4 Å². The molecule has 2 aliphatic carbocycles. The molecule has 4 aliphatic rings. The normalized spacial score (nSPS) is 31.8. The van der Waals surface area contributed by atoms with E-state index in [0.717, 1.165) is 25.9 Å². The van der Waals surface area contributed by atoms with Crippen molar-refractivity contribution < 1.29 is 4.74 Å². The van der Waals surface area contributed by atoms with Gasteiger partial charge in [0, 0.05) is 31.3 Å². The number of ether oxygens (including phenoxy) is 1. The Bertz CT molecular complexity index is 1000. The van der Waals surface area contributed by atoms with Gasteiger partial charge >= 0.3 is 0 Å². The summed E-state index contributed by atoms with van der Waals surface area (Å²) < 4.78 is 7.34. The molecule has 3 atom stereocenters. The van der Waals surface area contributed by atoms with Crippen LogP contribution in [0.25, 0.3) is 6.08 Å². The summed E-state index contributed by atoms with van der Waals surface area (Å²) in [4.78, 5) is 2.74. The summed E-state index contributed by atoms with van der Waals surface area (Å²) in [5.41, 5.74) is 5.66. The Morgan fingerprint density at radius 2 is 1.50 bits per heavy atom. The summed E-state index contributed by atoms with van der Waals surface area (Å²) in [5.74, 6) is 2.30. The Morgan fingerprint density at radius 3 is 2.28 bits per heavy atom. The second kappa shape index (κ2) is 8.56. The van der Waals surface area contributed by atoms with Crippen molar-refractivity contribution in [2.24, 2.45) is 5.92 Å². The molecule has 6 rings (SSSR count). The molecule has 32 heavy (non-hydrogen) atoms. The topological polar surface area (TPSA) is 12.5 Å². The van der Waals surface area contributed by atoms with Crippen molar-refractivity contribution in [3.63, 3.8) is 0 Å². The van der Waals surface area contributed by atoms with Gasteiger partial charge in [-0.1, -0.05) is 66.7 Å². The molecular formula is C30H35NO. The Morgan fingerprint density at radius 1 is 0.781 bits per heavy atom. The zero-order valence-corrected chi connectivity index (χ0v) is 19.1. The number of benzene rings is 2. The lowest BCUT2D eigenvalue weighted by Gasteiger charge is -2.57. The third-order valence-corrected chi connectivity index (χ3v) is 8.31. The zero-order chi connectivity index (χ0) is 21.4. The molecule has 0 unspecified atom stereocenters. The van der Waals surface area contributed by atoms with Gasteiger partial charge in [-0.05, 0) is 73.6 Å². The van der Waals surface area contributed by atoms with Gasteiger partial charge in [-0.25, -0.2) is 0 Å². The third-order valence-electron chi connectivity index (χ3n) is 8.31. The first kappa shape index (κ1) is 20.3. The minimum atomic E-state index is -0.277. The monoisotopic (exact) mass is 425 g/mol. The average molecular weight is 426 g/mol. The van der Waals surface area contributed by atoms with Gasteiger partial charge in [0.05, 0.1) is 5.76 Å². The summed E-state index contributed by atoms with van der Waals surface area (Å²) in [7, 11) is 0. The molecule has 0 N–H and O–H groups in total. The van der Waals surface area contributed by atoms with Crippen LogP contribution in [0.2, 0.25) is 0 Å². The van der Waals surface area contributed by atoms with Crippen LogP contribution in [0.3, 0.4) is 0 Å². The Kier molecular flexibility index (Phi) is 5.43. The first-order valence-corrected chi connectivity index (χ1v) is 12.8. The molecule has 2 heteroatoms. The van der Waals surface area contributed by atoms with E-state index >= 15 is 0 Å². The number of fused-ring (bicyclic) bond motifs is 1. The second-order valence-electron chi connectivity index (χ2n) is 10.1. The smallest absolute Gasteiger partial charge is 0.189 e. The quantitative estimate of drug-likeness (QED) is 0.511. The first-order valence-electron chi connectivity index (χ1n) is 12.8. The number of rotatable bonds is 3. The maximum atomic E-state index is 7.34. The van der Waals surface area contributed by atoms with E-state index in [9.17, 15) is 0 Å². The second-order valence-corrected chi connectivity index (χ2v) is 10.1. The molecule has 0 bridgehead atoms. The van der Waals surface area contributed by atoms with Crippen molar-refractivity contribution >= 4 is 6.08 Å². The van der Waals surface area contributed by atoms with Gasteiger partial charge < -0.3 is 4.74 Å². The van der Waals surface area contributed by atoms with E-state index in [1.54, 1.807) is 5.57 Å². The molecule has 2 aliphatic heterocycles. The van der Waals surface area contributed by atoms with Gasteiger partial charge in [-0.3, -0.25) is 4.90 Å². The molecule has 2 nitrogen and oxygen atoms in total. The summed E-state index contributed by atoms with van der Waals surface area (Å²) in [5, 5.41) is 0. The van der Waals surface area contributed by atoms with Crippen LogP contribution in [0.4, 0.5) is 0 Å². The van der Waals surface area contributed by atoms with Crippen LogP contribution in [-0.2, 0) is 4.74 Å². The highest BCUT2D eigenvalue weighted by Crippen LogP contribution is 2.58. The van der Waals surface area contributed by atoms with Crippen molar-refractivity contribution in [1.29, 1.82) is 0 Å². The molecule has 1 saturated heterocycles. The molecule has 2 aromatic carbocycles. The molecular weight excluding hydrogens is 390 g/mol. The Labute approximate surface area is 193 Å². The van der Waals surface area contributed by atoms with Crippen LogP contribution in [-0.4, -0.2) is 23.7 Å². The molecule has 1 saturated carbocycles. The van der Waals surface area contributed by atoms with Crippen molar-refractivity contribution in [1.82, 2.24) is 4.90 Å². The van der Waals surface area contributed by atoms with Crippen LogP contribution < -0.4 is 0 Å². The highest BCUT2D eigenvalue weighted by Gasteiger charge is 2.58. The summed E-state index contributed by atoms with van der Waals surface area (Å²) in [6, 6.07) is 22.3. The Balaban J connectivity index is 1.55. The zero-order valence-electron chi connectivity index (χ0n) is 19.1. The fraction of sp³-hybridized carbons (Fsp3) is 0.467. The fourth-order valence-corrected chi connectivity index (χ4v) is 7.01. The predicted octanol–water partition coefficient (Wildman–Crippen LogP) is 7.30. The van der Waals surface area contributed by atoms with E-state index in [2.05, 4.69) is 71.6 Å². The van der Waals surface area contributed by atoms with Crippen LogP contribution in [0.1, 0.15) is 74.8 Å². The highest BCUT2D eigenvalue weighted by molar-refractivity contribution is 5.57. The maximum absolute atomic E-state index is 7.34. The van der Waals surface area contributed by atoms with Crippen molar-refractivity contribution in [3.05, 3.63) is 88.7 Å². The lowest BCUT2D eigenvalue weighted by atomic mass is 9.63. The van der Waals surface area contributed by atoms with Crippen molar-refractivity contribution in [3.8, 4) is 0 Å². The largest absolute Gasteiger partial charge is 0.473 e. The van der Waals surface area contributed by atoms with E-state index < -0.39 is 0 Å². The van der Waals surface area contributed by atoms with Gasteiger partial charge in [0.15, 0.2) is 5.72 Å². The van der Waals surface area contributed by atoms with E-state index in [0.29, 0.717) is 11.8 Å². The standard InChI is InChI=1S/C30H35NO/c1-3-12-23(13-4-1)22-25-16-11-18-27-29(24-14-5-2-6-15-24)26-17-7-8-19-28(26)32-30(25,27)31-20-9-10-21-31/h1-6,12-15,22,27,29H,7-11,16-21H2/b25-22+/t27-,29+,30+/m1/s1. The minimum absolute atomic E-state index is 0.277. The molecule has 166 valence electrons. The first-order chi connectivity index (χ1) is 15.9. The highest BCUT2D eigenvalue weighted by atomic mass is 16.5. The van der Waals surface area contributed by atoms with Gasteiger partial charge in [0.2, 0.25) is 0 Å². The molecule has 2 fully saturated rings. The number of allylic oxidation sites excluding steroid dienone is 2. The fourth-order valence-electron chi connectivity index (χ4n) is 7.01. The van der Waals surface area contributed by atoms with E-state index in [-0.39, 0.29) is 5.72 Å². The molecule has 0 aromatic heterocycles. The lowest BCUT2D eigenvalue weighted by molar-refractivity contribution is -0.161. The van der Waals surface area contributed by atoms with E-state index in [1.165, 1.54) is 67.4 Å². The summed E-state index contributed by atoms with van der Waals surface area (Å²) >= 11 is 0. The van der Waals surface area contributed by atoms with Gasteiger partial charge in [0.25, 0.3) is 0 Å². The number of hydrogen-bond donors (Lipinski definition) is 0. The molecule has 0 amide bonds. The number of likely N-dealkylation sites (tertiary alicyclic amines) is 1. The van der Waals surface area contributed by atoms with E-state index in [1.807, 2.05) is 0 Å². The molecule has 0 spiro atoms. The van der Waals surface area contributed by atoms with Crippen LogP contribution in [0, 0.1) is 5.92 Å². The van der Waals surface area contributed by atoms with Crippen LogP contribution in [0.15, 0.2) is 77.6 Å². The van der Waals surface area contributed by atoms with Crippen molar-refractivity contribution in [2.75, 3.05) is 13.1 Å². The minimum Gasteiger partial charge on any atom is -0.473 e. The van der Waals surface area contributed by atoms with Crippen LogP contribution in [0.5, 0.6) is 0 Å². The van der Waals surface area contributed by atoms with Gasteiger partial charge in [-0.2, -0.15) is 0 Å². The predicted molar refractivity (Wildman–Crippen MR) is 131 cm³/mol. The lowest BCUT2D eigenvalue weighted by Crippen LogP contribution is -2.61. The SMILES string of the molecule is C(=C1/CCC[C@@H]2[C@@H](c3ccccc3)C3=C(CCCC3)O[C@@]12N1CCCC1)/c1ccccc1. The van der Waals surface area contributed by atoms with Crippen LogP contribution >= 0.6 is 0 Å². The summed E-state index contributed by atoms with van der Waals surface area (Å²) in [6.45, 7) is 2.32.